The lowest BCUT2D eigenvalue weighted by molar-refractivity contribution is -0.117. The van der Waals surface area contributed by atoms with Crippen LogP contribution >= 0.6 is 0 Å². The van der Waals surface area contributed by atoms with E-state index in [1.165, 1.54) is 5.56 Å². The van der Waals surface area contributed by atoms with Gasteiger partial charge in [0.15, 0.2) is 5.82 Å². The number of nitrogens with zero attached hydrogens (tertiary/aromatic N) is 2. The second-order valence-corrected chi connectivity index (χ2v) is 5.14. The first-order valence-electron chi connectivity index (χ1n) is 6.51. The fourth-order valence-electron chi connectivity index (χ4n) is 2.39. The predicted octanol–water partition coefficient (Wildman–Crippen LogP) is 2.47. The van der Waals surface area contributed by atoms with Crippen LogP contribution in [0.5, 0.6) is 0 Å². The van der Waals surface area contributed by atoms with Crippen LogP contribution in [-0.4, -0.2) is 15.7 Å². The number of nitrogens with one attached hydrogen (secondary N) is 1. The third-order valence-corrected chi connectivity index (χ3v) is 3.72. The molecule has 1 heterocycles. The van der Waals surface area contributed by atoms with Crippen LogP contribution in [0, 0.1) is 12.8 Å². The number of carbonyl (C=O) groups is 1. The summed E-state index contributed by atoms with van der Waals surface area (Å²) in [6.45, 7) is 1.96. The Bertz CT molecular complexity index is 584. The number of hydrogen-bond acceptors (Lipinski definition) is 2. The number of benzene rings is 1. The first kappa shape index (κ1) is 12.0. The van der Waals surface area contributed by atoms with Gasteiger partial charge in [0.1, 0.15) is 0 Å². The molecule has 4 heteroatoms. The number of rotatable bonds is 3. The van der Waals surface area contributed by atoms with Crippen LogP contribution in [0.1, 0.15) is 23.6 Å². The van der Waals surface area contributed by atoms with Gasteiger partial charge >= 0.3 is 0 Å². The Balaban J connectivity index is 1.64. The highest BCUT2D eigenvalue weighted by Crippen LogP contribution is 2.47. The molecule has 98 valence electrons. The van der Waals surface area contributed by atoms with Gasteiger partial charge in [-0.2, -0.15) is 5.10 Å². The van der Waals surface area contributed by atoms with Gasteiger partial charge in [-0.05, 0) is 24.8 Å². The fraction of sp³-hybridized carbons (Fsp3) is 0.333. The van der Waals surface area contributed by atoms with Gasteiger partial charge in [-0.3, -0.25) is 9.48 Å². The van der Waals surface area contributed by atoms with Gasteiger partial charge in [0, 0.05) is 24.7 Å². The molecule has 2 aromatic rings. The average molecular weight is 255 g/mol. The van der Waals surface area contributed by atoms with Crippen molar-refractivity contribution in [2.24, 2.45) is 13.0 Å². The van der Waals surface area contributed by atoms with Crippen LogP contribution < -0.4 is 5.32 Å². The zero-order valence-corrected chi connectivity index (χ0v) is 11.1. The minimum Gasteiger partial charge on any atom is -0.309 e. The first-order chi connectivity index (χ1) is 9.15. The van der Waals surface area contributed by atoms with Crippen LogP contribution in [0.4, 0.5) is 5.82 Å². The summed E-state index contributed by atoms with van der Waals surface area (Å²) in [6.07, 6.45) is 0.932. The maximum atomic E-state index is 12.1. The summed E-state index contributed by atoms with van der Waals surface area (Å²) in [5.74, 6) is 1.17. The van der Waals surface area contributed by atoms with E-state index >= 15 is 0 Å². The van der Waals surface area contributed by atoms with Crippen LogP contribution in [-0.2, 0) is 11.8 Å². The van der Waals surface area contributed by atoms with E-state index in [-0.39, 0.29) is 11.8 Å². The van der Waals surface area contributed by atoms with E-state index in [1.54, 1.807) is 4.68 Å². The van der Waals surface area contributed by atoms with E-state index in [0.717, 1.165) is 12.1 Å². The largest absolute Gasteiger partial charge is 0.309 e. The van der Waals surface area contributed by atoms with Crippen molar-refractivity contribution in [2.45, 2.75) is 19.3 Å². The van der Waals surface area contributed by atoms with Crippen LogP contribution in [0.2, 0.25) is 0 Å². The lowest BCUT2D eigenvalue weighted by atomic mass is 10.1. The van der Waals surface area contributed by atoms with Gasteiger partial charge in [-0.1, -0.05) is 30.3 Å². The summed E-state index contributed by atoms with van der Waals surface area (Å²) < 4.78 is 1.76. The normalized spacial score (nSPS) is 21.2. The molecule has 2 unspecified atom stereocenters. The number of anilines is 1. The smallest absolute Gasteiger partial charge is 0.229 e. The van der Waals surface area contributed by atoms with E-state index < -0.39 is 0 Å². The van der Waals surface area contributed by atoms with Crippen LogP contribution in [0.25, 0.3) is 0 Å². The van der Waals surface area contributed by atoms with Crippen molar-refractivity contribution in [3.8, 4) is 0 Å². The van der Waals surface area contributed by atoms with E-state index in [2.05, 4.69) is 22.5 Å². The number of hydrogen-bond donors (Lipinski definition) is 1. The van der Waals surface area contributed by atoms with Gasteiger partial charge in [0.25, 0.3) is 0 Å². The molecule has 0 bridgehead atoms. The maximum absolute atomic E-state index is 12.1. The lowest BCUT2D eigenvalue weighted by Crippen LogP contribution is -2.15. The molecule has 1 aliphatic rings. The number of aromatic nitrogens is 2. The summed E-state index contributed by atoms with van der Waals surface area (Å²) in [4.78, 5) is 12.1. The maximum Gasteiger partial charge on any atom is 0.229 e. The molecule has 1 aromatic carbocycles. The standard InChI is InChI=1S/C15H17N3O/c1-10-8-14(17-18(10)2)16-15(19)13-9-12(13)11-6-4-3-5-7-11/h3-8,12-13H,9H2,1-2H3,(H,16,17,19). The van der Waals surface area contributed by atoms with Gasteiger partial charge in [0.2, 0.25) is 5.91 Å². The van der Waals surface area contributed by atoms with Crippen molar-refractivity contribution in [3.05, 3.63) is 47.7 Å². The first-order valence-corrected chi connectivity index (χ1v) is 6.51. The van der Waals surface area contributed by atoms with Crippen molar-refractivity contribution in [2.75, 3.05) is 5.32 Å². The molecular weight excluding hydrogens is 238 g/mol. The quantitative estimate of drug-likeness (QED) is 0.915. The molecule has 1 N–H and O–H groups in total. The summed E-state index contributed by atoms with van der Waals surface area (Å²) in [7, 11) is 1.87. The molecule has 0 aliphatic heterocycles. The van der Waals surface area contributed by atoms with Gasteiger partial charge in [0.05, 0.1) is 0 Å². The third kappa shape index (κ3) is 2.38. The molecule has 1 saturated carbocycles. The van der Waals surface area contributed by atoms with Crippen LogP contribution in [0.15, 0.2) is 36.4 Å². The molecule has 1 amide bonds. The summed E-state index contributed by atoms with van der Waals surface area (Å²) >= 11 is 0. The minimum absolute atomic E-state index is 0.0759. The van der Waals surface area contributed by atoms with Gasteiger partial charge in [-0.15, -0.1) is 0 Å². The monoisotopic (exact) mass is 255 g/mol. The van der Waals surface area contributed by atoms with Crippen molar-refractivity contribution in [1.82, 2.24) is 9.78 Å². The fourth-order valence-corrected chi connectivity index (χ4v) is 2.39. The Morgan fingerprint density at radius 3 is 2.74 bits per heavy atom. The summed E-state index contributed by atoms with van der Waals surface area (Å²) in [5, 5.41) is 7.14. The minimum atomic E-state index is 0.0759. The van der Waals surface area contributed by atoms with Crippen LogP contribution in [0.3, 0.4) is 0 Å². The predicted molar refractivity (Wildman–Crippen MR) is 73.9 cm³/mol. The highest BCUT2D eigenvalue weighted by atomic mass is 16.2. The van der Waals surface area contributed by atoms with Crippen molar-refractivity contribution < 1.29 is 4.79 Å². The second-order valence-electron chi connectivity index (χ2n) is 5.14. The van der Waals surface area contributed by atoms with Crippen molar-refractivity contribution in [1.29, 1.82) is 0 Å². The zero-order valence-electron chi connectivity index (χ0n) is 11.1. The molecule has 0 spiro atoms. The summed E-state index contributed by atoms with van der Waals surface area (Å²) in [6, 6.07) is 12.1. The van der Waals surface area contributed by atoms with E-state index in [9.17, 15) is 4.79 Å². The molecule has 1 aromatic heterocycles. The molecule has 1 aliphatic carbocycles. The lowest BCUT2D eigenvalue weighted by Gasteiger charge is -2.01. The molecule has 1 fully saturated rings. The Morgan fingerprint density at radius 2 is 2.11 bits per heavy atom. The molecule has 19 heavy (non-hydrogen) atoms. The van der Waals surface area contributed by atoms with Gasteiger partial charge in [-0.25, -0.2) is 0 Å². The number of aryl methyl sites for hydroxylation is 2. The van der Waals surface area contributed by atoms with E-state index in [1.807, 2.05) is 38.2 Å². The number of amides is 1. The SMILES string of the molecule is Cc1cc(NC(=O)C2CC2c2ccccc2)nn1C. The molecule has 0 radical (unpaired) electrons. The Morgan fingerprint density at radius 1 is 1.37 bits per heavy atom. The highest BCUT2D eigenvalue weighted by molar-refractivity contribution is 5.94. The van der Waals surface area contributed by atoms with Gasteiger partial charge < -0.3 is 5.32 Å². The topological polar surface area (TPSA) is 46.9 Å². The highest BCUT2D eigenvalue weighted by Gasteiger charge is 2.43. The zero-order chi connectivity index (χ0) is 13.4. The summed E-state index contributed by atoms with van der Waals surface area (Å²) in [5.41, 5.74) is 2.28. The third-order valence-electron chi connectivity index (χ3n) is 3.72. The van der Waals surface area contributed by atoms with E-state index in [0.29, 0.717) is 11.7 Å². The Hall–Kier alpha value is -2.10. The molecule has 0 saturated heterocycles. The molecule has 3 rings (SSSR count). The molecular formula is C15H17N3O. The number of carbonyl (C=O) groups excluding carboxylic acids is 1. The Labute approximate surface area is 112 Å². The average Bonchev–Trinajstić information content (AvgIpc) is 3.14. The van der Waals surface area contributed by atoms with Crippen molar-refractivity contribution >= 4 is 11.7 Å². The van der Waals surface area contributed by atoms with Crippen molar-refractivity contribution in [3.63, 3.8) is 0 Å². The molecule has 4 nitrogen and oxygen atoms in total. The second kappa shape index (κ2) is 4.53. The van der Waals surface area contributed by atoms with E-state index in [4.69, 9.17) is 0 Å². The molecule has 2 atom stereocenters. The Kier molecular flexibility index (Phi) is 2.85.